The van der Waals surface area contributed by atoms with Crippen molar-refractivity contribution in [1.82, 2.24) is 5.06 Å². The maximum Gasteiger partial charge on any atom is 0.147 e. The lowest BCUT2D eigenvalue weighted by Crippen LogP contribution is -2.42. The van der Waals surface area contributed by atoms with Gasteiger partial charge in [-0.05, 0) is 23.6 Å². The molecule has 1 unspecified atom stereocenters. The van der Waals surface area contributed by atoms with Gasteiger partial charge in [0.15, 0.2) is 0 Å². The highest BCUT2D eigenvalue weighted by Gasteiger charge is 2.23. The van der Waals surface area contributed by atoms with Crippen LogP contribution in [-0.2, 0) is 6.54 Å². The molecule has 0 spiro atoms. The highest BCUT2D eigenvalue weighted by molar-refractivity contribution is 6.18. The van der Waals surface area contributed by atoms with Crippen LogP contribution in [0.15, 0.2) is 60.7 Å². The van der Waals surface area contributed by atoms with Crippen molar-refractivity contribution in [3.8, 4) is 5.75 Å². The number of alkyl halides is 1. The number of hydroxylamine groups is 2. The third-order valence-electron chi connectivity index (χ3n) is 3.44. The highest BCUT2D eigenvalue weighted by atomic mass is 35.5. The Morgan fingerprint density at radius 3 is 2.05 bits per heavy atom. The number of benzene rings is 2. The minimum atomic E-state index is 0.159. The van der Waals surface area contributed by atoms with Crippen LogP contribution in [-0.4, -0.2) is 17.0 Å². The zero-order chi connectivity index (χ0) is 15.1. The van der Waals surface area contributed by atoms with Crippen LogP contribution in [0.25, 0.3) is 0 Å². The van der Waals surface area contributed by atoms with E-state index in [-0.39, 0.29) is 6.04 Å². The average molecular weight is 304 g/mol. The van der Waals surface area contributed by atoms with E-state index in [9.17, 15) is 0 Å². The molecule has 1 atom stereocenters. The molecule has 2 aromatic carbocycles. The van der Waals surface area contributed by atoms with Gasteiger partial charge in [-0.3, -0.25) is 0 Å². The zero-order valence-electron chi connectivity index (χ0n) is 12.6. The summed E-state index contributed by atoms with van der Waals surface area (Å²) in [7, 11) is 0. The van der Waals surface area contributed by atoms with Gasteiger partial charge in [0.05, 0.1) is 12.6 Å². The van der Waals surface area contributed by atoms with Crippen LogP contribution in [0.4, 0.5) is 0 Å². The quantitative estimate of drug-likeness (QED) is 0.541. The first-order valence-electron chi connectivity index (χ1n) is 7.30. The number of hydrogen-bond donors (Lipinski definition) is 0. The monoisotopic (exact) mass is 303 g/mol. The zero-order valence-corrected chi connectivity index (χ0v) is 13.3. The van der Waals surface area contributed by atoms with Gasteiger partial charge in [-0.2, -0.15) is 0 Å². The molecule has 0 saturated carbocycles. The minimum Gasteiger partial charge on any atom is -0.405 e. The largest absolute Gasteiger partial charge is 0.405 e. The second-order valence-electron chi connectivity index (χ2n) is 5.43. The molecule has 0 heterocycles. The molecule has 2 aromatic rings. The highest BCUT2D eigenvalue weighted by Crippen LogP contribution is 2.20. The van der Waals surface area contributed by atoms with Crippen LogP contribution >= 0.6 is 11.6 Å². The summed E-state index contributed by atoms with van der Waals surface area (Å²) >= 11 is 6.17. The van der Waals surface area contributed by atoms with Crippen molar-refractivity contribution >= 4 is 11.6 Å². The Labute approximate surface area is 132 Å². The molecule has 0 aliphatic rings. The van der Waals surface area contributed by atoms with Crippen molar-refractivity contribution in [3.05, 3.63) is 66.2 Å². The van der Waals surface area contributed by atoms with Crippen molar-refractivity contribution in [3.63, 3.8) is 0 Å². The number of nitrogens with zero attached hydrogens (tertiary/aromatic N) is 1. The fourth-order valence-corrected chi connectivity index (χ4v) is 2.70. The molecule has 112 valence electrons. The minimum absolute atomic E-state index is 0.159. The summed E-state index contributed by atoms with van der Waals surface area (Å²) in [6.07, 6.45) is 0. The third-order valence-corrected chi connectivity index (χ3v) is 3.76. The molecule has 0 aliphatic carbocycles. The van der Waals surface area contributed by atoms with E-state index in [2.05, 4.69) is 26.0 Å². The van der Waals surface area contributed by atoms with Crippen LogP contribution < -0.4 is 4.84 Å². The van der Waals surface area contributed by atoms with E-state index in [1.807, 2.05) is 53.6 Å². The van der Waals surface area contributed by atoms with Gasteiger partial charge in [-0.1, -0.05) is 62.4 Å². The molecular weight excluding hydrogens is 282 g/mol. The molecule has 0 aromatic heterocycles. The molecule has 0 aliphatic heterocycles. The lowest BCUT2D eigenvalue weighted by Gasteiger charge is -2.32. The van der Waals surface area contributed by atoms with E-state index in [1.165, 1.54) is 5.56 Å². The third kappa shape index (κ3) is 4.76. The maximum atomic E-state index is 6.17. The summed E-state index contributed by atoms with van der Waals surface area (Å²) in [5.74, 6) is 1.79. The van der Waals surface area contributed by atoms with Crippen LogP contribution in [0.5, 0.6) is 5.75 Å². The van der Waals surface area contributed by atoms with E-state index in [4.69, 9.17) is 16.4 Å². The molecule has 0 N–H and O–H groups in total. The van der Waals surface area contributed by atoms with Crippen molar-refractivity contribution < 1.29 is 4.84 Å². The van der Waals surface area contributed by atoms with Gasteiger partial charge in [-0.15, -0.1) is 16.7 Å². The SMILES string of the molecule is CC(C)C(CCl)N(Cc1ccccc1)Oc1ccccc1. The number of hydrogen-bond acceptors (Lipinski definition) is 2. The lowest BCUT2D eigenvalue weighted by atomic mass is 10.1. The summed E-state index contributed by atoms with van der Waals surface area (Å²) < 4.78 is 0. The van der Waals surface area contributed by atoms with Crippen LogP contribution in [0, 0.1) is 5.92 Å². The van der Waals surface area contributed by atoms with Crippen LogP contribution in [0.1, 0.15) is 19.4 Å². The summed E-state index contributed by atoms with van der Waals surface area (Å²) in [5.41, 5.74) is 1.21. The van der Waals surface area contributed by atoms with Crippen LogP contribution in [0.3, 0.4) is 0 Å². The summed E-state index contributed by atoms with van der Waals surface area (Å²) in [6, 6.07) is 20.3. The summed E-state index contributed by atoms with van der Waals surface area (Å²) in [6.45, 7) is 5.05. The van der Waals surface area contributed by atoms with E-state index in [0.29, 0.717) is 18.3 Å². The predicted molar refractivity (Wildman–Crippen MR) is 88.4 cm³/mol. The summed E-state index contributed by atoms with van der Waals surface area (Å²) in [5, 5.41) is 1.99. The Balaban J connectivity index is 2.17. The van der Waals surface area contributed by atoms with Gasteiger partial charge in [0.2, 0.25) is 0 Å². The van der Waals surface area contributed by atoms with Crippen molar-refractivity contribution in [2.45, 2.75) is 26.4 Å². The van der Waals surface area contributed by atoms with E-state index in [1.54, 1.807) is 0 Å². The van der Waals surface area contributed by atoms with Gasteiger partial charge < -0.3 is 4.84 Å². The first-order valence-corrected chi connectivity index (χ1v) is 7.83. The molecule has 0 amide bonds. The fourth-order valence-electron chi connectivity index (χ4n) is 2.19. The molecule has 0 fully saturated rings. The average Bonchev–Trinajstić information content (AvgIpc) is 2.49. The molecule has 21 heavy (non-hydrogen) atoms. The number of para-hydroxylation sites is 1. The molecular formula is C18H22ClNO. The molecule has 3 heteroatoms. The maximum absolute atomic E-state index is 6.17. The van der Waals surface area contributed by atoms with Crippen molar-refractivity contribution in [1.29, 1.82) is 0 Å². The molecule has 0 bridgehead atoms. The molecule has 0 saturated heterocycles. The van der Waals surface area contributed by atoms with Gasteiger partial charge in [0.1, 0.15) is 5.75 Å². The van der Waals surface area contributed by atoms with E-state index < -0.39 is 0 Å². The second-order valence-corrected chi connectivity index (χ2v) is 5.74. The first kappa shape index (κ1) is 15.9. The Morgan fingerprint density at radius 1 is 0.952 bits per heavy atom. The van der Waals surface area contributed by atoms with E-state index >= 15 is 0 Å². The van der Waals surface area contributed by atoms with Gasteiger partial charge in [-0.25, -0.2) is 0 Å². The molecule has 2 rings (SSSR count). The van der Waals surface area contributed by atoms with Gasteiger partial charge in [0.25, 0.3) is 0 Å². The summed E-state index contributed by atoms with van der Waals surface area (Å²) in [4.78, 5) is 6.08. The Bertz CT molecular complexity index is 474. The fraction of sp³-hybridized carbons (Fsp3) is 0.333. The number of halogens is 1. The Hall–Kier alpha value is -1.51. The van der Waals surface area contributed by atoms with Gasteiger partial charge >= 0.3 is 0 Å². The Kier molecular flexibility index (Phi) is 6.09. The topological polar surface area (TPSA) is 12.5 Å². The van der Waals surface area contributed by atoms with Gasteiger partial charge in [0, 0.05) is 5.88 Å². The number of rotatable bonds is 7. The molecule has 0 radical (unpaired) electrons. The van der Waals surface area contributed by atoms with E-state index in [0.717, 1.165) is 5.75 Å². The predicted octanol–water partition coefficient (Wildman–Crippen LogP) is 4.75. The smallest absolute Gasteiger partial charge is 0.147 e. The van der Waals surface area contributed by atoms with Crippen LogP contribution in [0.2, 0.25) is 0 Å². The lowest BCUT2D eigenvalue weighted by molar-refractivity contribution is -0.110. The normalized spacial score (nSPS) is 12.6. The van der Waals surface area contributed by atoms with Crippen molar-refractivity contribution in [2.75, 3.05) is 5.88 Å². The molecule has 2 nitrogen and oxygen atoms in total. The first-order chi connectivity index (χ1) is 10.2. The second kappa shape index (κ2) is 8.06. The standard InChI is InChI=1S/C18H22ClNO/c1-15(2)18(13-19)20(14-16-9-5-3-6-10-16)21-17-11-7-4-8-12-17/h3-12,15,18H,13-14H2,1-2H3. The Morgan fingerprint density at radius 2 is 1.52 bits per heavy atom. The van der Waals surface area contributed by atoms with Crippen molar-refractivity contribution in [2.24, 2.45) is 5.92 Å².